The summed E-state index contributed by atoms with van der Waals surface area (Å²) in [5.74, 6) is 1.46. The second kappa shape index (κ2) is 6.56. The van der Waals surface area contributed by atoms with E-state index in [1.165, 1.54) is 13.2 Å². The summed E-state index contributed by atoms with van der Waals surface area (Å²) < 4.78 is 10.6. The first kappa shape index (κ1) is 14.6. The van der Waals surface area contributed by atoms with E-state index in [2.05, 4.69) is 10.3 Å². The van der Waals surface area contributed by atoms with E-state index in [9.17, 15) is 10.1 Å². The summed E-state index contributed by atoms with van der Waals surface area (Å²) in [6.07, 6.45) is 0. The van der Waals surface area contributed by atoms with Crippen molar-refractivity contribution in [2.75, 3.05) is 19.0 Å². The van der Waals surface area contributed by atoms with Crippen LogP contribution in [0.5, 0.6) is 17.4 Å². The molecule has 0 amide bonds. The molecule has 0 radical (unpaired) electrons. The van der Waals surface area contributed by atoms with Crippen LogP contribution < -0.4 is 14.8 Å². The van der Waals surface area contributed by atoms with Crippen LogP contribution in [0.15, 0.2) is 36.4 Å². The third kappa shape index (κ3) is 3.59. The Bertz CT molecular complexity index is 646. The molecule has 110 valence electrons. The number of hydrogen-bond acceptors (Lipinski definition) is 6. The monoisotopic (exact) mass is 289 g/mol. The molecule has 2 aromatic rings. The molecule has 0 atom stereocenters. The molecule has 0 bridgehead atoms. The topological polar surface area (TPSA) is 86.5 Å². The highest BCUT2D eigenvalue weighted by molar-refractivity contribution is 5.50. The SMILES string of the molecule is CCNc1ccc([N+](=O)[O-])c(Oc2cccc(OC)c2)n1. The minimum absolute atomic E-state index is 0.0632. The van der Waals surface area contributed by atoms with Gasteiger partial charge in [0.25, 0.3) is 0 Å². The summed E-state index contributed by atoms with van der Waals surface area (Å²) in [4.78, 5) is 14.6. The van der Waals surface area contributed by atoms with Crippen molar-refractivity contribution < 1.29 is 14.4 Å². The zero-order valence-electron chi connectivity index (χ0n) is 11.7. The van der Waals surface area contributed by atoms with Crippen molar-refractivity contribution in [3.8, 4) is 17.4 Å². The molecule has 0 aliphatic rings. The molecule has 0 unspecified atom stereocenters. The first-order valence-corrected chi connectivity index (χ1v) is 6.35. The zero-order valence-corrected chi connectivity index (χ0v) is 11.7. The standard InChI is InChI=1S/C14H15N3O4/c1-3-15-13-8-7-12(17(18)19)14(16-13)21-11-6-4-5-10(9-11)20-2/h4-9H,3H2,1-2H3,(H,15,16). The Hall–Kier alpha value is -2.83. The molecule has 0 fully saturated rings. The number of nitrogens with one attached hydrogen (secondary N) is 1. The largest absolute Gasteiger partial charge is 0.497 e. The minimum atomic E-state index is -0.530. The Morgan fingerprint density at radius 1 is 1.29 bits per heavy atom. The molecule has 1 heterocycles. The van der Waals surface area contributed by atoms with Gasteiger partial charge in [-0.2, -0.15) is 4.98 Å². The Labute approximate surface area is 121 Å². The molecule has 0 aliphatic heterocycles. The van der Waals surface area contributed by atoms with E-state index >= 15 is 0 Å². The fraction of sp³-hybridized carbons (Fsp3) is 0.214. The van der Waals surface area contributed by atoms with Crippen molar-refractivity contribution in [1.29, 1.82) is 0 Å². The van der Waals surface area contributed by atoms with Crippen LogP contribution in [0, 0.1) is 10.1 Å². The van der Waals surface area contributed by atoms with Gasteiger partial charge in [0.05, 0.1) is 12.0 Å². The summed E-state index contributed by atoms with van der Waals surface area (Å²) in [5, 5.41) is 14.0. The van der Waals surface area contributed by atoms with E-state index in [1.807, 2.05) is 6.92 Å². The number of ether oxygens (including phenoxy) is 2. The predicted molar refractivity (Wildman–Crippen MR) is 78.1 cm³/mol. The van der Waals surface area contributed by atoms with E-state index < -0.39 is 4.92 Å². The van der Waals surface area contributed by atoms with Crippen molar-refractivity contribution in [1.82, 2.24) is 4.98 Å². The van der Waals surface area contributed by atoms with Crippen LogP contribution in [-0.2, 0) is 0 Å². The molecule has 1 aromatic carbocycles. The summed E-state index contributed by atoms with van der Waals surface area (Å²) in [6.45, 7) is 2.56. The third-order valence-corrected chi connectivity index (χ3v) is 2.65. The van der Waals surface area contributed by atoms with Gasteiger partial charge in [0.2, 0.25) is 0 Å². The van der Waals surface area contributed by atoms with Crippen LogP contribution in [0.2, 0.25) is 0 Å². The molecule has 0 aliphatic carbocycles. The van der Waals surface area contributed by atoms with Gasteiger partial charge in [0, 0.05) is 18.7 Å². The summed E-state index contributed by atoms with van der Waals surface area (Å²) in [6, 6.07) is 9.69. The van der Waals surface area contributed by atoms with Crippen molar-refractivity contribution in [3.63, 3.8) is 0 Å². The Balaban J connectivity index is 2.35. The zero-order chi connectivity index (χ0) is 15.2. The average molecular weight is 289 g/mol. The first-order chi connectivity index (χ1) is 10.1. The quantitative estimate of drug-likeness (QED) is 0.649. The second-order valence-corrected chi connectivity index (χ2v) is 4.09. The maximum absolute atomic E-state index is 11.0. The van der Waals surface area contributed by atoms with Crippen LogP contribution in [0.3, 0.4) is 0 Å². The van der Waals surface area contributed by atoms with Crippen molar-refractivity contribution in [2.24, 2.45) is 0 Å². The van der Waals surface area contributed by atoms with E-state index in [0.29, 0.717) is 23.9 Å². The lowest BCUT2D eigenvalue weighted by Gasteiger charge is -2.09. The van der Waals surface area contributed by atoms with Crippen LogP contribution in [0.25, 0.3) is 0 Å². The number of aromatic nitrogens is 1. The molecule has 7 nitrogen and oxygen atoms in total. The second-order valence-electron chi connectivity index (χ2n) is 4.09. The van der Waals surface area contributed by atoms with Gasteiger partial charge >= 0.3 is 11.6 Å². The molecule has 21 heavy (non-hydrogen) atoms. The molecule has 0 saturated carbocycles. The van der Waals surface area contributed by atoms with Gasteiger partial charge in [-0.3, -0.25) is 10.1 Å². The Kier molecular flexibility index (Phi) is 4.55. The molecular weight excluding hydrogens is 274 g/mol. The highest BCUT2D eigenvalue weighted by Gasteiger charge is 2.18. The number of nitro groups is 1. The lowest BCUT2D eigenvalue weighted by atomic mass is 10.3. The van der Waals surface area contributed by atoms with Gasteiger partial charge in [0.15, 0.2) is 0 Å². The maximum atomic E-state index is 11.0. The number of hydrogen-bond donors (Lipinski definition) is 1. The highest BCUT2D eigenvalue weighted by atomic mass is 16.6. The Morgan fingerprint density at radius 2 is 2.05 bits per heavy atom. The predicted octanol–water partition coefficient (Wildman–Crippen LogP) is 3.22. The van der Waals surface area contributed by atoms with Crippen LogP contribution in [-0.4, -0.2) is 23.6 Å². The lowest BCUT2D eigenvalue weighted by Crippen LogP contribution is -2.02. The van der Waals surface area contributed by atoms with E-state index in [1.54, 1.807) is 30.3 Å². The van der Waals surface area contributed by atoms with Crippen LogP contribution in [0.1, 0.15) is 6.92 Å². The highest BCUT2D eigenvalue weighted by Crippen LogP contribution is 2.31. The molecular formula is C14H15N3O4. The van der Waals surface area contributed by atoms with E-state index in [0.717, 1.165) is 0 Å². The molecule has 2 rings (SSSR count). The summed E-state index contributed by atoms with van der Waals surface area (Å²) in [5.41, 5.74) is -0.195. The lowest BCUT2D eigenvalue weighted by molar-refractivity contribution is -0.386. The van der Waals surface area contributed by atoms with Gasteiger partial charge in [-0.1, -0.05) is 6.07 Å². The fourth-order valence-corrected chi connectivity index (χ4v) is 1.70. The van der Waals surface area contributed by atoms with Gasteiger partial charge in [-0.05, 0) is 25.1 Å². The number of anilines is 1. The van der Waals surface area contributed by atoms with E-state index in [-0.39, 0.29) is 11.6 Å². The molecule has 1 aromatic heterocycles. The molecule has 1 N–H and O–H groups in total. The third-order valence-electron chi connectivity index (χ3n) is 2.65. The van der Waals surface area contributed by atoms with Gasteiger partial charge in [-0.25, -0.2) is 0 Å². The number of nitrogens with zero attached hydrogens (tertiary/aromatic N) is 2. The first-order valence-electron chi connectivity index (χ1n) is 6.35. The molecule has 0 saturated heterocycles. The average Bonchev–Trinajstić information content (AvgIpc) is 2.48. The number of methoxy groups -OCH3 is 1. The normalized spacial score (nSPS) is 10.0. The molecule has 7 heteroatoms. The summed E-state index contributed by atoms with van der Waals surface area (Å²) in [7, 11) is 1.53. The Morgan fingerprint density at radius 3 is 2.71 bits per heavy atom. The number of pyridine rings is 1. The van der Waals surface area contributed by atoms with Crippen molar-refractivity contribution >= 4 is 11.5 Å². The van der Waals surface area contributed by atoms with Crippen molar-refractivity contribution in [3.05, 3.63) is 46.5 Å². The van der Waals surface area contributed by atoms with Gasteiger partial charge in [-0.15, -0.1) is 0 Å². The number of benzene rings is 1. The van der Waals surface area contributed by atoms with Gasteiger partial charge in [0.1, 0.15) is 17.3 Å². The number of rotatable bonds is 6. The molecule has 0 spiro atoms. The van der Waals surface area contributed by atoms with Crippen LogP contribution >= 0.6 is 0 Å². The van der Waals surface area contributed by atoms with Crippen molar-refractivity contribution in [2.45, 2.75) is 6.92 Å². The summed E-state index contributed by atoms with van der Waals surface area (Å²) >= 11 is 0. The maximum Gasteiger partial charge on any atom is 0.331 e. The van der Waals surface area contributed by atoms with E-state index in [4.69, 9.17) is 9.47 Å². The van der Waals surface area contributed by atoms with Crippen LogP contribution in [0.4, 0.5) is 11.5 Å². The van der Waals surface area contributed by atoms with Gasteiger partial charge < -0.3 is 14.8 Å². The fourth-order valence-electron chi connectivity index (χ4n) is 1.70. The smallest absolute Gasteiger partial charge is 0.331 e. The minimum Gasteiger partial charge on any atom is -0.497 e.